The third-order valence-electron chi connectivity index (χ3n) is 5.04. The average Bonchev–Trinajstić information content (AvgIpc) is 3.24. The fourth-order valence-electron chi connectivity index (χ4n) is 3.58. The van der Waals surface area contributed by atoms with E-state index < -0.39 is 0 Å². The van der Waals surface area contributed by atoms with Gasteiger partial charge < -0.3 is 9.64 Å². The summed E-state index contributed by atoms with van der Waals surface area (Å²) in [5, 5.41) is 0. The fourth-order valence-corrected chi connectivity index (χ4v) is 3.58. The van der Waals surface area contributed by atoms with E-state index in [2.05, 4.69) is 16.0 Å². The quantitative estimate of drug-likeness (QED) is 0.711. The Balaban J connectivity index is 1.49. The van der Waals surface area contributed by atoms with Crippen molar-refractivity contribution in [3.8, 4) is 17.0 Å². The molecule has 1 aliphatic rings. The molecule has 1 atom stereocenters. The molecule has 0 aliphatic carbocycles. The van der Waals surface area contributed by atoms with Gasteiger partial charge >= 0.3 is 0 Å². The van der Waals surface area contributed by atoms with Gasteiger partial charge in [0.2, 0.25) is 5.88 Å². The van der Waals surface area contributed by atoms with Gasteiger partial charge in [0.1, 0.15) is 0 Å². The van der Waals surface area contributed by atoms with Crippen molar-refractivity contribution in [2.75, 3.05) is 20.2 Å². The van der Waals surface area contributed by atoms with Crippen molar-refractivity contribution >= 4 is 5.91 Å². The second kappa shape index (κ2) is 7.58. The summed E-state index contributed by atoms with van der Waals surface area (Å²) in [6.45, 7) is 1.51. The molecule has 1 aliphatic heterocycles. The molecule has 27 heavy (non-hydrogen) atoms. The standard InChI is InChI=1S/C22H21N3O2/c1-27-21-20(5-3-12-24-21)16-6-8-17(9-7-16)22(26)25-13-10-19(15-25)18-4-2-11-23-14-18/h2-9,11-12,14,19H,10,13,15H2,1H3. The lowest BCUT2D eigenvalue weighted by molar-refractivity contribution is 0.0791. The van der Waals surface area contributed by atoms with Crippen molar-refractivity contribution in [2.24, 2.45) is 0 Å². The topological polar surface area (TPSA) is 55.3 Å². The van der Waals surface area contributed by atoms with E-state index in [0.29, 0.717) is 17.4 Å². The normalized spacial score (nSPS) is 16.3. The van der Waals surface area contributed by atoms with Crippen LogP contribution < -0.4 is 4.74 Å². The van der Waals surface area contributed by atoms with Crippen LogP contribution >= 0.6 is 0 Å². The molecule has 5 nitrogen and oxygen atoms in total. The number of amides is 1. The van der Waals surface area contributed by atoms with Gasteiger partial charge in [-0.3, -0.25) is 9.78 Å². The molecule has 0 saturated carbocycles. The number of carbonyl (C=O) groups excluding carboxylic acids is 1. The van der Waals surface area contributed by atoms with Gasteiger partial charge in [-0.05, 0) is 47.9 Å². The number of hydrogen-bond acceptors (Lipinski definition) is 4. The molecule has 0 spiro atoms. The highest BCUT2D eigenvalue weighted by molar-refractivity contribution is 5.95. The third-order valence-corrected chi connectivity index (χ3v) is 5.04. The zero-order valence-electron chi connectivity index (χ0n) is 15.2. The van der Waals surface area contributed by atoms with E-state index in [1.165, 1.54) is 5.56 Å². The number of carbonyl (C=O) groups is 1. The zero-order valence-corrected chi connectivity index (χ0v) is 15.2. The Morgan fingerprint density at radius 2 is 1.93 bits per heavy atom. The first-order valence-corrected chi connectivity index (χ1v) is 9.05. The van der Waals surface area contributed by atoms with Crippen molar-refractivity contribution < 1.29 is 9.53 Å². The van der Waals surface area contributed by atoms with Gasteiger partial charge in [-0.2, -0.15) is 0 Å². The second-order valence-electron chi connectivity index (χ2n) is 6.66. The Bertz CT molecular complexity index is 926. The van der Waals surface area contributed by atoms with Crippen molar-refractivity contribution in [3.05, 3.63) is 78.2 Å². The molecule has 2 aromatic heterocycles. The van der Waals surface area contributed by atoms with Gasteiger partial charge in [-0.15, -0.1) is 0 Å². The molecule has 136 valence electrons. The van der Waals surface area contributed by atoms with E-state index in [-0.39, 0.29) is 5.91 Å². The van der Waals surface area contributed by atoms with Crippen LogP contribution in [0.4, 0.5) is 0 Å². The molecule has 1 aromatic carbocycles. The minimum absolute atomic E-state index is 0.0751. The first-order chi connectivity index (χ1) is 13.3. The first-order valence-electron chi connectivity index (χ1n) is 9.05. The lowest BCUT2D eigenvalue weighted by Gasteiger charge is -2.17. The smallest absolute Gasteiger partial charge is 0.253 e. The van der Waals surface area contributed by atoms with Gasteiger partial charge in [-0.1, -0.05) is 18.2 Å². The Morgan fingerprint density at radius 1 is 1.11 bits per heavy atom. The van der Waals surface area contributed by atoms with Crippen LogP contribution in [-0.4, -0.2) is 41.0 Å². The summed E-state index contributed by atoms with van der Waals surface area (Å²) in [4.78, 5) is 23.2. The van der Waals surface area contributed by atoms with Crippen molar-refractivity contribution in [1.82, 2.24) is 14.9 Å². The Kier molecular flexibility index (Phi) is 4.83. The Labute approximate surface area is 158 Å². The van der Waals surface area contributed by atoms with Crippen LogP contribution in [0.25, 0.3) is 11.1 Å². The second-order valence-corrected chi connectivity index (χ2v) is 6.66. The molecule has 1 fully saturated rings. The molecule has 1 saturated heterocycles. The van der Waals surface area contributed by atoms with Gasteiger partial charge in [0.15, 0.2) is 0 Å². The predicted octanol–water partition coefficient (Wildman–Crippen LogP) is 3.78. The summed E-state index contributed by atoms with van der Waals surface area (Å²) in [5.41, 5.74) is 3.79. The van der Waals surface area contributed by atoms with E-state index >= 15 is 0 Å². The van der Waals surface area contributed by atoms with E-state index in [1.807, 2.05) is 53.6 Å². The molecular formula is C22H21N3O2. The summed E-state index contributed by atoms with van der Waals surface area (Å²) in [6.07, 6.45) is 6.35. The Hall–Kier alpha value is -3.21. The van der Waals surface area contributed by atoms with Crippen molar-refractivity contribution in [2.45, 2.75) is 12.3 Å². The largest absolute Gasteiger partial charge is 0.481 e. The number of benzene rings is 1. The number of hydrogen-bond donors (Lipinski definition) is 0. The van der Waals surface area contributed by atoms with Crippen LogP contribution in [0.15, 0.2) is 67.1 Å². The minimum atomic E-state index is 0.0751. The lowest BCUT2D eigenvalue weighted by Crippen LogP contribution is -2.28. The molecule has 3 heterocycles. The number of nitrogens with zero attached hydrogens (tertiary/aromatic N) is 3. The highest BCUT2D eigenvalue weighted by Gasteiger charge is 2.28. The maximum atomic E-state index is 12.9. The van der Waals surface area contributed by atoms with Crippen LogP contribution in [0.5, 0.6) is 5.88 Å². The molecule has 0 bridgehead atoms. The molecule has 4 rings (SSSR count). The van der Waals surface area contributed by atoms with Crippen LogP contribution in [0, 0.1) is 0 Å². The monoisotopic (exact) mass is 359 g/mol. The Morgan fingerprint density at radius 3 is 2.67 bits per heavy atom. The number of aromatic nitrogens is 2. The van der Waals surface area contributed by atoms with E-state index in [4.69, 9.17) is 4.74 Å². The molecule has 1 unspecified atom stereocenters. The van der Waals surface area contributed by atoms with Crippen molar-refractivity contribution in [1.29, 1.82) is 0 Å². The fraction of sp³-hybridized carbons (Fsp3) is 0.227. The molecule has 3 aromatic rings. The highest BCUT2D eigenvalue weighted by Crippen LogP contribution is 2.30. The maximum absolute atomic E-state index is 12.9. The number of methoxy groups -OCH3 is 1. The van der Waals surface area contributed by atoms with Gasteiger partial charge in [-0.25, -0.2) is 4.98 Å². The van der Waals surface area contributed by atoms with Gasteiger partial charge in [0.25, 0.3) is 5.91 Å². The number of likely N-dealkylation sites (tertiary alicyclic amines) is 1. The van der Waals surface area contributed by atoms with Crippen LogP contribution in [0.1, 0.15) is 28.3 Å². The first kappa shape index (κ1) is 17.2. The molecule has 0 radical (unpaired) electrons. The van der Waals surface area contributed by atoms with Crippen LogP contribution in [0.3, 0.4) is 0 Å². The molecule has 5 heteroatoms. The molecular weight excluding hydrogens is 338 g/mol. The number of rotatable bonds is 4. The maximum Gasteiger partial charge on any atom is 0.253 e. The summed E-state index contributed by atoms with van der Waals surface area (Å²) in [5.74, 6) is 1.02. The van der Waals surface area contributed by atoms with E-state index in [0.717, 1.165) is 30.6 Å². The zero-order chi connectivity index (χ0) is 18.6. The van der Waals surface area contributed by atoms with Crippen LogP contribution in [-0.2, 0) is 0 Å². The number of ether oxygens (including phenoxy) is 1. The van der Waals surface area contributed by atoms with Crippen LogP contribution in [0.2, 0.25) is 0 Å². The summed E-state index contributed by atoms with van der Waals surface area (Å²) < 4.78 is 5.32. The lowest BCUT2D eigenvalue weighted by atomic mass is 10.0. The SMILES string of the molecule is COc1ncccc1-c1ccc(C(=O)N2CCC(c3cccnc3)C2)cc1. The van der Waals surface area contributed by atoms with Crippen molar-refractivity contribution in [3.63, 3.8) is 0 Å². The highest BCUT2D eigenvalue weighted by atomic mass is 16.5. The summed E-state index contributed by atoms with van der Waals surface area (Å²) in [7, 11) is 1.61. The van der Waals surface area contributed by atoms with E-state index in [1.54, 1.807) is 19.5 Å². The molecule has 0 N–H and O–H groups in total. The average molecular weight is 359 g/mol. The summed E-state index contributed by atoms with van der Waals surface area (Å²) in [6, 6.07) is 15.5. The third kappa shape index (κ3) is 3.53. The predicted molar refractivity (Wildman–Crippen MR) is 104 cm³/mol. The van der Waals surface area contributed by atoms with Gasteiger partial charge in [0, 0.05) is 48.7 Å². The van der Waals surface area contributed by atoms with E-state index in [9.17, 15) is 4.79 Å². The summed E-state index contributed by atoms with van der Waals surface area (Å²) >= 11 is 0. The minimum Gasteiger partial charge on any atom is -0.481 e. The van der Waals surface area contributed by atoms with Gasteiger partial charge in [0.05, 0.1) is 7.11 Å². The number of pyridine rings is 2. The molecule has 1 amide bonds.